The van der Waals surface area contributed by atoms with Crippen LogP contribution >= 0.6 is 0 Å². The molecule has 156 valence electrons. The van der Waals surface area contributed by atoms with E-state index in [1.807, 2.05) is 19.2 Å². The van der Waals surface area contributed by atoms with Crippen LogP contribution in [0, 0.1) is 6.92 Å². The second-order valence-corrected chi connectivity index (χ2v) is 8.02. The third-order valence-electron chi connectivity index (χ3n) is 5.82. The first-order valence-electron chi connectivity index (χ1n) is 10.6. The van der Waals surface area contributed by atoms with Gasteiger partial charge in [0.2, 0.25) is 0 Å². The van der Waals surface area contributed by atoms with Gasteiger partial charge < -0.3 is 15.3 Å². The van der Waals surface area contributed by atoms with Crippen molar-refractivity contribution in [1.82, 2.24) is 25.3 Å². The molecule has 3 aromatic heterocycles. The number of fused-ring (bicyclic) bond motifs is 2. The molecule has 3 N–H and O–H groups in total. The number of benzene rings is 1. The summed E-state index contributed by atoms with van der Waals surface area (Å²) in [6.45, 7) is 3.92. The normalized spacial score (nSPS) is 14.1. The molecule has 0 fully saturated rings. The molecule has 0 saturated carbocycles. The molecule has 5 nitrogen and oxygen atoms in total. The van der Waals surface area contributed by atoms with E-state index in [2.05, 4.69) is 55.6 Å². The quantitative estimate of drug-likeness (QED) is 0.273. The molecule has 1 aliphatic rings. The summed E-state index contributed by atoms with van der Waals surface area (Å²) >= 11 is 0. The van der Waals surface area contributed by atoms with Gasteiger partial charge in [-0.25, -0.2) is 9.97 Å². The Morgan fingerprint density at radius 3 is 2.90 bits per heavy atom. The van der Waals surface area contributed by atoms with Gasteiger partial charge in [-0.2, -0.15) is 0 Å². The highest BCUT2D eigenvalue weighted by Gasteiger charge is 2.11. The van der Waals surface area contributed by atoms with Crippen molar-refractivity contribution in [3.05, 3.63) is 59.6 Å². The van der Waals surface area contributed by atoms with Gasteiger partial charge >= 0.3 is 0 Å². The van der Waals surface area contributed by atoms with Gasteiger partial charge in [0.05, 0.1) is 5.52 Å². The van der Waals surface area contributed by atoms with Crippen LogP contribution in [-0.4, -0.2) is 26.5 Å². The summed E-state index contributed by atoms with van der Waals surface area (Å²) in [5, 5.41) is 4.84. The van der Waals surface area contributed by atoms with Crippen LogP contribution in [0.25, 0.3) is 33.3 Å². The molecule has 0 aliphatic heterocycles. The fourth-order valence-electron chi connectivity index (χ4n) is 4.30. The molecule has 0 atom stereocenters. The van der Waals surface area contributed by atoms with Gasteiger partial charge in [0.25, 0.3) is 0 Å². The molecule has 5 heteroatoms. The molecule has 5 rings (SSSR count). The van der Waals surface area contributed by atoms with E-state index in [9.17, 15) is 0 Å². The largest absolute Gasteiger partial charge is 0.354 e. The lowest BCUT2D eigenvalue weighted by Crippen LogP contribution is -2.15. The molecule has 4 aromatic rings. The minimum atomic E-state index is 0. The van der Waals surface area contributed by atoms with Crippen molar-refractivity contribution in [3.63, 3.8) is 0 Å². The fourth-order valence-corrected chi connectivity index (χ4v) is 4.30. The number of aryl methyl sites for hydroxylation is 1. The third kappa shape index (κ3) is 4.17. The number of aromatic amines is 2. The van der Waals surface area contributed by atoms with Gasteiger partial charge in [-0.3, -0.25) is 0 Å². The molecule has 1 aromatic carbocycles. The Morgan fingerprint density at radius 2 is 2.03 bits per heavy atom. The van der Waals surface area contributed by atoms with E-state index in [-0.39, 0.29) is 7.43 Å². The number of imidazole rings is 1. The van der Waals surface area contributed by atoms with Gasteiger partial charge in [0, 0.05) is 34.9 Å². The number of pyridine rings is 1. The van der Waals surface area contributed by atoms with Crippen molar-refractivity contribution in [1.29, 1.82) is 0 Å². The molecule has 0 spiro atoms. The monoisotopic (exact) mass is 401 g/mol. The van der Waals surface area contributed by atoms with Gasteiger partial charge in [-0.1, -0.05) is 25.1 Å². The lowest BCUT2D eigenvalue weighted by atomic mass is 9.97. The lowest BCUT2D eigenvalue weighted by Gasteiger charge is -2.13. The Hall–Kier alpha value is -2.92. The summed E-state index contributed by atoms with van der Waals surface area (Å²) in [6.07, 6.45) is 10.7. The minimum Gasteiger partial charge on any atom is -0.354 e. The topological polar surface area (TPSA) is 69.4 Å². The van der Waals surface area contributed by atoms with E-state index in [0.29, 0.717) is 0 Å². The van der Waals surface area contributed by atoms with Gasteiger partial charge in [-0.15, -0.1) is 0 Å². The number of allylic oxidation sites excluding steroid dienone is 1. The maximum Gasteiger partial charge on any atom is 0.178 e. The average molecular weight is 402 g/mol. The van der Waals surface area contributed by atoms with E-state index in [0.717, 1.165) is 46.9 Å². The fraction of sp³-hybridized carbons (Fsp3) is 0.360. The Morgan fingerprint density at radius 1 is 1.10 bits per heavy atom. The van der Waals surface area contributed by atoms with Crippen molar-refractivity contribution in [2.45, 2.75) is 53.0 Å². The zero-order chi connectivity index (χ0) is 19.6. The van der Waals surface area contributed by atoms with Gasteiger partial charge in [0.15, 0.2) is 5.65 Å². The zero-order valence-electron chi connectivity index (χ0n) is 16.9. The highest BCUT2D eigenvalue weighted by Crippen LogP contribution is 2.29. The van der Waals surface area contributed by atoms with Crippen LogP contribution in [0.15, 0.2) is 48.2 Å². The minimum absolute atomic E-state index is 0. The van der Waals surface area contributed by atoms with Crippen LogP contribution in [-0.2, 0) is 6.54 Å². The zero-order valence-corrected chi connectivity index (χ0v) is 16.9. The number of aromatic nitrogens is 4. The molecule has 0 saturated heterocycles. The van der Waals surface area contributed by atoms with Crippen molar-refractivity contribution >= 4 is 22.1 Å². The van der Waals surface area contributed by atoms with E-state index < -0.39 is 0 Å². The lowest BCUT2D eigenvalue weighted by molar-refractivity contribution is 0.632. The summed E-state index contributed by atoms with van der Waals surface area (Å²) in [7, 11) is 0. The van der Waals surface area contributed by atoms with Crippen molar-refractivity contribution in [3.8, 4) is 11.3 Å². The molecule has 30 heavy (non-hydrogen) atoms. The first-order chi connectivity index (χ1) is 14.3. The SMILES string of the molecule is C.Cc1nc2nccc(-c3cc4cc(CNCCC5=CCCCC5)ccc4[nH]3)c2[nH]1. The standard InChI is InChI=1S/C24H27N5.CH4/c1-16-27-23-20(10-12-26-24(23)28-16)22-14-19-13-18(7-8-21(19)29-22)15-25-11-9-17-5-3-2-4-6-17;/h5,7-8,10,12-14,25,29H,2-4,6,9,11,15H2,1H3,(H,26,27,28);1H4. The summed E-state index contributed by atoms with van der Waals surface area (Å²) in [5.41, 5.74) is 8.03. The second-order valence-electron chi connectivity index (χ2n) is 8.02. The molecule has 3 heterocycles. The number of H-pyrrole nitrogens is 2. The van der Waals surface area contributed by atoms with Crippen molar-refractivity contribution < 1.29 is 0 Å². The predicted molar refractivity (Wildman–Crippen MR) is 126 cm³/mol. The molecule has 0 bridgehead atoms. The van der Waals surface area contributed by atoms with Crippen LogP contribution in [0.5, 0.6) is 0 Å². The van der Waals surface area contributed by atoms with Crippen LogP contribution in [0.3, 0.4) is 0 Å². The van der Waals surface area contributed by atoms with Gasteiger partial charge in [-0.05, 0) is 75.4 Å². The number of rotatable bonds is 6. The third-order valence-corrected chi connectivity index (χ3v) is 5.82. The highest BCUT2D eigenvalue weighted by atomic mass is 15.0. The predicted octanol–water partition coefficient (Wildman–Crippen LogP) is 6.03. The molecule has 0 unspecified atom stereocenters. The summed E-state index contributed by atoms with van der Waals surface area (Å²) in [5.74, 6) is 0.883. The van der Waals surface area contributed by atoms with E-state index in [1.54, 1.807) is 5.57 Å². The van der Waals surface area contributed by atoms with E-state index in [4.69, 9.17) is 0 Å². The summed E-state index contributed by atoms with van der Waals surface area (Å²) in [6, 6.07) is 10.9. The average Bonchev–Trinajstić information content (AvgIpc) is 3.33. The highest BCUT2D eigenvalue weighted by molar-refractivity contribution is 5.94. The first-order valence-corrected chi connectivity index (χ1v) is 10.6. The smallest absolute Gasteiger partial charge is 0.178 e. The number of nitrogens with one attached hydrogen (secondary N) is 3. The van der Waals surface area contributed by atoms with Crippen LogP contribution in [0.2, 0.25) is 0 Å². The molecule has 0 amide bonds. The Kier molecular flexibility index (Phi) is 6.00. The van der Waals surface area contributed by atoms with Crippen molar-refractivity contribution in [2.24, 2.45) is 0 Å². The van der Waals surface area contributed by atoms with Gasteiger partial charge in [0.1, 0.15) is 5.82 Å². The summed E-state index contributed by atoms with van der Waals surface area (Å²) in [4.78, 5) is 15.7. The number of hydrogen-bond acceptors (Lipinski definition) is 3. The summed E-state index contributed by atoms with van der Waals surface area (Å²) < 4.78 is 0. The molecular weight excluding hydrogens is 370 g/mol. The Labute approximate surface area is 178 Å². The van der Waals surface area contributed by atoms with Crippen LogP contribution in [0.4, 0.5) is 0 Å². The second kappa shape index (κ2) is 8.84. The molecule has 0 radical (unpaired) electrons. The molecule has 1 aliphatic carbocycles. The van der Waals surface area contributed by atoms with Crippen molar-refractivity contribution in [2.75, 3.05) is 6.54 Å². The maximum atomic E-state index is 4.45. The maximum absolute atomic E-state index is 4.45. The Bertz CT molecular complexity index is 1180. The van der Waals surface area contributed by atoms with E-state index >= 15 is 0 Å². The molecular formula is C25H31N5. The number of hydrogen-bond donors (Lipinski definition) is 3. The van der Waals surface area contributed by atoms with Crippen LogP contribution in [0.1, 0.15) is 50.9 Å². The van der Waals surface area contributed by atoms with E-state index in [1.165, 1.54) is 43.1 Å². The first kappa shape index (κ1) is 20.4. The number of nitrogens with zero attached hydrogens (tertiary/aromatic N) is 2. The Balaban J connectivity index is 0.00000218. The van der Waals surface area contributed by atoms with Crippen LogP contribution < -0.4 is 5.32 Å².